The van der Waals surface area contributed by atoms with Crippen molar-refractivity contribution in [2.75, 3.05) is 62.7 Å². The SMILES string of the molecule is CCNC(=O)NC(=O)CNc1cc(S(=O)(=O)N2CCCCC2)ccc1N1CCOCC1. The maximum absolute atomic E-state index is 13.1. The number of nitrogens with zero attached hydrogens (tertiary/aromatic N) is 2. The van der Waals surface area contributed by atoms with Crippen molar-refractivity contribution in [3.63, 3.8) is 0 Å². The maximum atomic E-state index is 13.1. The summed E-state index contributed by atoms with van der Waals surface area (Å²) in [7, 11) is -3.61. The second kappa shape index (κ2) is 10.8. The Balaban J connectivity index is 1.81. The Morgan fingerprint density at radius 3 is 2.45 bits per heavy atom. The number of anilines is 2. The monoisotopic (exact) mass is 453 g/mol. The smallest absolute Gasteiger partial charge is 0.321 e. The molecule has 0 aliphatic carbocycles. The number of ether oxygens (including phenoxy) is 1. The lowest BCUT2D eigenvalue weighted by Crippen LogP contribution is -2.42. The number of hydrogen-bond donors (Lipinski definition) is 3. The van der Waals surface area contributed by atoms with Gasteiger partial charge in [0.15, 0.2) is 0 Å². The first-order valence-corrected chi connectivity index (χ1v) is 12.1. The molecule has 2 aliphatic heterocycles. The molecule has 3 amide bonds. The summed E-state index contributed by atoms with van der Waals surface area (Å²) in [6.07, 6.45) is 2.75. The highest BCUT2D eigenvalue weighted by molar-refractivity contribution is 7.89. The molecule has 31 heavy (non-hydrogen) atoms. The molecule has 0 unspecified atom stereocenters. The number of carbonyl (C=O) groups excluding carboxylic acids is 2. The molecule has 2 fully saturated rings. The van der Waals surface area contributed by atoms with Crippen LogP contribution in [0.1, 0.15) is 26.2 Å². The van der Waals surface area contributed by atoms with Gasteiger partial charge in [-0.3, -0.25) is 10.1 Å². The van der Waals surface area contributed by atoms with E-state index in [0.717, 1.165) is 24.9 Å². The molecule has 3 N–H and O–H groups in total. The van der Waals surface area contributed by atoms with Gasteiger partial charge >= 0.3 is 6.03 Å². The number of imide groups is 1. The van der Waals surface area contributed by atoms with Gasteiger partial charge in [-0.25, -0.2) is 13.2 Å². The molecule has 0 aromatic heterocycles. The fraction of sp³-hybridized carbons (Fsp3) is 0.600. The summed E-state index contributed by atoms with van der Waals surface area (Å²) < 4.78 is 33.2. The van der Waals surface area contributed by atoms with Gasteiger partial charge in [-0.15, -0.1) is 0 Å². The first kappa shape index (κ1) is 23.3. The molecule has 0 saturated carbocycles. The number of amides is 3. The number of morpholine rings is 1. The Morgan fingerprint density at radius 2 is 1.77 bits per heavy atom. The van der Waals surface area contributed by atoms with Gasteiger partial charge in [-0.05, 0) is 38.0 Å². The number of nitrogens with one attached hydrogen (secondary N) is 3. The lowest BCUT2D eigenvalue weighted by atomic mass is 10.2. The quantitative estimate of drug-likeness (QED) is 0.562. The standard InChI is InChI=1S/C20H31N5O5S/c1-2-21-20(27)23-19(26)15-22-17-14-16(31(28,29)25-8-4-3-5-9-25)6-7-18(17)24-10-12-30-13-11-24/h6-7,14,22H,2-5,8-13,15H2,1H3,(H2,21,23,26,27). The van der Waals surface area contributed by atoms with E-state index in [9.17, 15) is 18.0 Å². The average molecular weight is 454 g/mol. The van der Waals surface area contributed by atoms with Crippen molar-refractivity contribution in [3.8, 4) is 0 Å². The summed E-state index contributed by atoms with van der Waals surface area (Å²) in [5, 5.41) is 7.75. The molecule has 0 atom stereocenters. The Labute approximate surface area is 183 Å². The van der Waals surface area contributed by atoms with Crippen molar-refractivity contribution in [3.05, 3.63) is 18.2 Å². The van der Waals surface area contributed by atoms with Crippen LogP contribution in [-0.2, 0) is 19.6 Å². The molecule has 0 bridgehead atoms. The Hall–Kier alpha value is -2.37. The first-order valence-electron chi connectivity index (χ1n) is 10.7. The van der Waals surface area contributed by atoms with E-state index in [0.29, 0.717) is 51.6 Å². The second-order valence-electron chi connectivity index (χ2n) is 7.50. The zero-order valence-electron chi connectivity index (χ0n) is 17.9. The molecule has 0 radical (unpaired) electrons. The van der Waals surface area contributed by atoms with E-state index >= 15 is 0 Å². The van der Waals surface area contributed by atoms with Crippen molar-refractivity contribution < 1.29 is 22.7 Å². The van der Waals surface area contributed by atoms with E-state index in [4.69, 9.17) is 4.74 Å². The lowest BCUT2D eigenvalue weighted by molar-refractivity contribution is -0.118. The van der Waals surface area contributed by atoms with Crippen LogP contribution in [0.25, 0.3) is 0 Å². The van der Waals surface area contributed by atoms with Crippen LogP contribution in [0.2, 0.25) is 0 Å². The molecule has 2 saturated heterocycles. The highest BCUT2D eigenvalue weighted by Crippen LogP contribution is 2.31. The molecule has 3 rings (SSSR count). The van der Waals surface area contributed by atoms with E-state index < -0.39 is 22.0 Å². The van der Waals surface area contributed by atoms with Crippen LogP contribution in [0.4, 0.5) is 16.2 Å². The van der Waals surface area contributed by atoms with E-state index in [1.807, 2.05) is 0 Å². The van der Waals surface area contributed by atoms with E-state index in [1.54, 1.807) is 25.1 Å². The molecule has 1 aromatic rings. The van der Waals surface area contributed by atoms with Gasteiger partial charge in [0.05, 0.1) is 36.0 Å². The summed E-state index contributed by atoms with van der Waals surface area (Å²) in [5.74, 6) is -0.511. The molecule has 0 spiro atoms. The summed E-state index contributed by atoms with van der Waals surface area (Å²) in [4.78, 5) is 26.0. The van der Waals surface area contributed by atoms with Gasteiger partial charge in [0.2, 0.25) is 15.9 Å². The van der Waals surface area contributed by atoms with Crippen LogP contribution in [0, 0.1) is 0 Å². The molecule has 10 nitrogen and oxygen atoms in total. The molecule has 1 aromatic carbocycles. The fourth-order valence-electron chi connectivity index (χ4n) is 3.70. The molecule has 2 heterocycles. The number of benzene rings is 1. The number of carbonyl (C=O) groups is 2. The van der Waals surface area contributed by atoms with Gasteiger partial charge in [0, 0.05) is 32.7 Å². The highest BCUT2D eigenvalue weighted by Gasteiger charge is 2.27. The minimum atomic E-state index is -3.61. The van der Waals surface area contributed by atoms with Crippen LogP contribution >= 0.6 is 0 Å². The minimum absolute atomic E-state index is 0.165. The number of urea groups is 1. The minimum Gasteiger partial charge on any atom is -0.378 e. The van der Waals surface area contributed by atoms with Crippen LogP contribution in [0.5, 0.6) is 0 Å². The Bertz CT molecular complexity index is 880. The van der Waals surface area contributed by atoms with Gasteiger partial charge < -0.3 is 20.3 Å². The highest BCUT2D eigenvalue weighted by atomic mass is 32.2. The van der Waals surface area contributed by atoms with Crippen molar-refractivity contribution in [2.45, 2.75) is 31.1 Å². The predicted octanol–water partition coefficient (Wildman–Crippen LogP) is 0.955. The van der Waals surface area contributed by atoms with Gasteiger partial charge in [-0.1, -0.05) is 6.42 Å². The van der Waals surface area contributed by atoms with Crippen LogP contribution in [-0.4, -0.2) is 77.1 Å². The molecule has 11 heteroatoms. The van der Waals surface area contributed by atoms with Gasteiger partial charge in [0.1, 0.15) is 0 Å². The molecular weight excluding hydrogens is 422 g/mol. The number of hydrogen-bond acceptors (Lipinski definition) is 7. The van der Waals surface area contributed by atoms with Crippen molar-refractivity contribution in [1.29, 1.82) is 0 Å². The zero-order chi connectivity index (χ0) is 22.3. The van der Waals surface area contributed by atoms with E-state index in [-0.39, 0.29) is 11.4 Å². The third kappa shape index (κ3) is 6.08. The van der Waals surface area contributed by atoms with E-state index in [1.165, 1.54) is 4.31 Å². The normalized spacial score (nSPS) is 17.8. The zero-order valence-corrected chi connectivity index (χ0v) is 18.7. The third-order valence-electron chi connectivity index (χ3n) is 5.30. The molecular formula is C20H31N5O5S. The topological polar surface area (TPSA) is 120 Å². The van der Waals surface area contributed by atoms with Crippen molar-refractivity contribution >= 4 is 33.3 Å². The second-order valence-corrected chi connectivity index (χ2v) is 9.44. The van der Waals surface area contributed by atoms with Gasteiger partial charge in [-0.2, -0.15) is 4.31 Å². The summed E-state index contributed by atoms with van der Waals surface area (Å²) in [6, 6.07) is 4.40. The van der Waals surface area contributed by atoms with E-state index in [2.05, 4.69) is 20.9 Å². The summed E-state index contributed by atoms with van der Waals surface area (Å²) in [6.45, 7) is 5.51. The van der Waals surface area contributed by atoms with Crippen LogP contribution in [0.3, 0.4) is 0 Å². The predicted molar refractivity (Wildman–Crippen MR) is 118 cm³/mol. The maximum Gasteiger partial charge on any atom is 0.321 e. The van der Waals surface area contributed by atoms with Crippen molar-refractivity contribution in [1.82, 2.24) is 14.9 Å². The average Bonchev–Trinajstić information content (AvgIpc) is 2.79. The summed E-state index contributed by atoms with van der Waals surface area (Å²) >= 11 is 0. The Morgan fingerprint density at radius 1 is 1.06 bits per heavy atom. The molecule has 2 aliphatic rings. The van der Waals surface area contributed by atoms with Crippen LogP contribution < -0.4 is 20.9 Å². The Kier molecular flexibility index (Phi) is 8.10. The number of rotatable bonds is 7. The molecule has 172 valence electrons. The largest absolute Gasteiger partial charge is 0.378 e. The van der Waals surface area contributed by atoms with Crippen LogP contribution in [0.15, 0.2) is 23.1 Å². The van der Waals surface area contributed by atoms with Crippen molar-refractivity contribution in [2.24, 2.45) is 0 Å². The van der Waals surface area contributed by atoms with Gasteiger partial charge in [0.25, 0.3) is 0 Å². The number of piperidine rings is 1. The summed E-state index contributed by atoms with van der Waals surface area (Å²) in [5.41, 5.74) is 1.33. The fourth-order valence-corrected chi connectivity index (χ4v) is 5.25. The third-order valence-corrected chi connectivity index (χ3v) is 7.20. The lowest BCUT2D eigenvalue weighted by Gasteiger charge is -2.31. The number of sulfonamides is 1. The first-order chi connectivity index (χ1) is 14.9.